The first kappa shape index (κ1) is 21.1. The number of hydrogen-bond donors (Lipinski definition) is 1. The first-order chi connectivity index (χ1) is 13.0. The van der Waals surface area contributed by atoms with E-state index in [0.717, 1.165) is 11.1 Å². The average molecular weight is 404 g/mol. The molecule has 0 spiro atoms. The molecule has 0 radical (unpaired) electrons. The molecule has 0 heterocycles. The van der Waals surface area contributed by atoms with Crippen molar-refractivity contribution in [3.8, 4) is 0 Å². The Kier molecular flexibility index (Phi) is 8.43. The summed E-state index contributed by atoms with van der Waals surface area (Å²) >= 11 is 7.44. The van der Waals surface area contributed by atoms with Crippen molar-refractivity contribution in [3.05, 3.63) is 83.4 Å². The summed E-state index contributed by atoms with van der Waals surface area (Å²) in [6, 6.07) is 17.5. The molecule has 0 saturated carbocycles. The maximum atomic E-state index is 12.2. The average Bonchev–Trinajstić information content (AvgIpc) is 2.68. The molecular weight excluding hydrogens is 382 g/mol. The van der Waals surface area contributed by atoms with Crippen LogP contribution in [0.2, 0.25) is 5.02 Å². The molecular formula is C21H22ClNO3S. The number of thioether (sulfide) groups is 1. The number of carbonyl (C=O) groups excluding carboxylic acids is 2. The molecule has 1 N–H and O–H groups in total. The number of hydrogen-bond acceptors (Lipinski definition) is 4. The Balaban J connectivity index is 2.01. The molecule has 0 aromatic heterocycles. The van der Waals surface area contributed by atoms with Gasteiger partial charge < -0.3 is 10.1 Å². The van der Waals surface area contributed by atoms with Crippen molar-refractivity contribution in [2.45, 2.75) is 18.3 Å². The summed E-state index contributed by atoms with van der Waals surface area (Å²) in [7, 11) is 0. The van der Waals surface area contributed by atoms with Crippen molar-refractivity contribution in [1.82, 2.24) is 5.32 Å². The molecule has 0 fully saturated rings. The number of halogens is 1. The molecule has 0 aliphatic heterocycles. The van der Waals surface area contributed by atoms with E-state index in [1.165, 1.54) is 11.8 Å². The third kappa shape index (κ3) is 6.77. The first-order valence-electron chi connectivity index (χ1n) is 8.51. The van der Waals surface area contributed by atoms with Crippen LogP contribution in [0.4, 0.5) is 0 Å². The number of rotatable bonds is 9. The fourth-order valence-electron chi connectivity index (χ4n) is 2.40. The minimum atomic E-state index is -0.844. The van der Waals surface area contributed by atoms with Crippen molar-refractivity contribution in [1.29, 1.82) is 0 Å². The maximum absolute atomic E-state index is 12.2. The fraction of sp³-hybridized carbons (Fsp3) is 0.238. The van der Waals surface area contributed by atoms with Crippen LogP contribution in [0.15, 0.2) is 67.3 Å². The smallest absolute Gasteiger partial charge is 0.316 e. The highest BCUT2D eigenvalue weighted by Gasteiger charge is 2.20. The topological polar surface area (TPSA) is 55.4 Å². The van der Waals surface area contributed by atoms with Crippen LogP contribution >= 0.6 is 23.4 Å². The van der Waals surface area contributed by atoms with Crippen LogP contribution in [0.25, 0.3) is 0 Å². The number of amides is 1. The molecule has 0 aliphatic carbocycles. The second kappa shape index (κ2) is 10.8. The number of ether oxygens (including phenoxy) is 1. The molecule has 2 atom stereocenters. The van der Waals surface area contributed by atoms with Crippen LogP contribution in [0.5, 0.6) is 0 Å². The number of benzene rings is 2. The Morgan fingerprint density at radius 3 is 2.41 bits per heavy atom. The summed E-state index contributed by atoms with van der Waals surface area (Å²) in [4.78, 5) is 24.0. The third-order valence-electron chi connectivity index (χ3n) is 3.74. The second-order valence-electron chi connectivity index (χ2n) is 5.82. The number of carbonyl (C=O) groups is 2. The first-order valence-corrected chi connectivity index (χ1v) is 9.94. The van der Waals surface area contributed by atoms with E-state index < -0.39 is 12.1 Å². The molecule has 2 aromatic carbocycles. The molecule has 6 heteroatoms. The lowest BCUT2D eigenvalue weighted by atomic mass is 10.0. The second-order valence-corrected chi connectivity index (χ2v) is 7.35. The van der Waals surface area contributed by atoms with Gasteiger partial charge in [-0.1, -0.05) is 60.1 Å². The number of esters is 1. The summed E-state index contributed by atoms with van der Waals surface area (Å²) < 4.78 is 5.22. The molecule has 1 amide bonds. The summed E-state index contributed by atoms with van der Waals surface area (Å²) in [5.41, 5.74) is 2.12. The van der Waals surface area contributed by atoms with Gasteiger partial charge in [0.15, 0.2) is 6.10 Å². The van der Waals surface area contributed by atoms with E-state index in [1.807, 2.05) is 54.6 Å². The normalized spacial score (nSPS) is 12.7. The van der Waals surface area contributed by atoms with Crippen molar-refractivity contribution in [2.24, 2.45) is 0 Å². The Labute approximate surface area is 168 Å². The lowest BCUT2D eigenvalue weighted by Crippen LogP contribution is -2.36. The van der Waals surface area contributed by atoms with E-state index in [-0.39, 0.29) is 16.9 Å². The van der Waals surface area contributed by atoms with Crippen LogP contribution in [0.3, 0.4) is 0 Å². The van der Waals surface area contributed by atoms with Gasteiger partial charge in [-0.2, -0.15) is 0 Å². The van der Waals surface area contributed by atoms with Gasteiger partial charge in [0, 0.05) is 11.6 Å². The summed E-state index contributed by atoms with van der Waals surface area (Å²) in [6.07, 6.45) is 0.725. The minimum absolute atomic E-state index is 0.0408. The SMILES string of the molecule is C=CCNC(=O)[C@H](C)OC(=O)CS[C@@H](c1ccccc1)c1ccc(Cl)cc1. The van der Waals surface area contributed by atoms with Gasteiger partial charge in [-0.15, -0.1) is 18.3 Å². The molecule has 0 bridgehead atoms. The van der Waals surface area contributed by atoms with E-state index >= 15 is 0 Å². The Hall–Kier alpha value is -2.24. The van der Waals surface area contributed by atoms with Gasteiger partial charge in [-0.05, 0) is 30.2 Å². The largest absolute Gasteiger partial charge is 0.452 e. The van der Waals surface area contributed by atoms with Crippen LogP contribution in [-0.4, -0.2) is 30.3 Å². The molecule has 2 aromatic rings. The molecule has 27 heavy (non-hydrogen) atoms. The van der Waals surface area contributed by atoms with Crippen LogP contribution in [0.1, 0.15) is 23.3 Å². The monoisotopic (exact) mass is 403 g/mol. The zero-order valence-corrected chi connectivity index (χ0v) is 16.6. The third-order valence-corrected chi connectivity index (χ3v) is 5.27. The summed E-state index contributed by atoms with van der Waals surface area (Å²) in [5.74, 6) is -0.650. The maximum Gasteiger partial charge on any atom is 0.316 e. The van der Waals surface area contributed by atoms with Crippen molar-refractivity contribution >= 4 is 35.2 Å². The lowest BCUT2D eigenvalue weighted by Gasteiger charge is -2.18. The molecule has 142 valence electrons. The van der Waals surface area contributed by atoms with E-state index in [2.05, 4.69) is 11.9 Å². The standard InChI is InChI=1S/C21H22ClNO3S/c1-3-13-23-21(25)15(2)26-19(24)14-27-20(16-7-5-4-6-8-16)17-9-11-18(22)12-10-17/h3-12,15,20H,1,13-14H2,2H3,(H,23,25)/t15-,20-/m0/s1. The van der Waals surface area contributed by atoms with Gasteiger partial charge in [0.2, 0.25) is 0 Å². The highest BCUT2D eigenvalue weighted by atomic mass is 35.5. The van der Waals surface area contributed by atoms with Gasteiger partial charge in [-0.25, -0.2) is 0 Å². The molecule has 0 saturated heterocycles. The Bertz CT molecular complexity index is 765. The zero-order chi connectivity index (χ0) is 19.6. The van der Waals surface area contributed by atoms with Crippen LogP contribution in [0, 0.1) is 0 Å². The summed E-state index contributed by atoms with van der Waals surface area (Å²) in [5, 5.41) is 3.23. The predicted octanol–water partition coefficient (Wildman–Crippen LogP) is 4.40. The molecule has 0 aliphatic rings. The lowest BCUT2D eigenvalue weighted by molar-refractivity contribution is -0.152. The van der Waals surface area contributed by atoms with E-state index in [0.29, 0.717) is 11.6 Å². The Morgan fingerprint density at radius 2 is 1.78 bits per heavy atom. The van der Waals surface area contributed by atoms with Gasteiger partial charge in [0.05, 0.1) is 11.0 Å². The minimum Gasteiger partial charge on any atom is -0.452 e. The highest BCUT2D eigenvalue weighted by Crippen LogP contribution is 2.36. The fourth-order valence-corrected chi connectivity index (χ4v) is 3.60. The molecule has 4 nitrogen and oxygen atoms in total. The van der Waals surface area contributed by atoms with E-state index in [1.54, 1.807) is 13.0 Å². The van der Waals surface area contributed by atoms with Crippen molar-refractivity contribution < 1.29 is 14.3 Å². The number of nitrogens with one attached hydrogen (secondary N) is 1. The Morgan fingerprint density at radius 1 is 1.15 bits per heavy atom. The molecule has 0 unspecified atom stereocenters. The van der Waals surface area contributed by atoms with Crippen molar-refractivity contribution in [3.63, 3.8) is 0 Å². The highest BCUT2D eigenvalue weighted by molar-refractivity contribution is 8.00. The van der Waals surface area contributed by atoms with Gasteiger partial charge in [-0.3, -0.25) is 9.59 Å². The van der Waals surface area contributed by atoms with Crippen molar-refractivity contribution in [2.75, 3.05) is 12.3 Å². The van der Waals surface area contributed by atoms with Crippen LogP contribution in [-0.2, 0) is 14.3 Å². The summed E-state index contributed by atoms with van der Waals surface area (Å²) in [6.45, 7) is 5.42. The molecule has 2 rings (SSSR count). The van der Waals surface area contributed by atoms with E-state index in [9.17, 15) is 9.59 Å². The quantitative estimate of drug-likeness (QED) is 0.498. The van der Waals surface area contributed by atoms with Gasteiger partial charge in [0.25, 0.3) is 5.91 Å². The van der Waals surface area contributed by atoms with Gasteiger partial charge in [0.1, 0.15) is 0 Å². The van der Waals surface area contributed by atoms with Crippen LogP contribution < -0.4 is 5.32 Å². The zero-order valence-electron chi connectivity index (χ0n) is 15.1. The van der Waals surface area contributed by atoms with E-state index in [4.69, 9.17) is 16.3 Å². The predicted molar refractivity (Wildman–Crippen MR) is 111 cm³/mol. The van der Waals surface area contributed by atoms with Gasteiger partial charge >= 0.3 is 5.97 Å².